The predicted octanol–water partition coefficient (Wildman–Crippen LogP) is 6.27. The molecule has 1 aliphatic carbocycles. The van der Waals surface area contributed by atoms with Gasteiger partial charge in [0.1, 0.15) is 0 Å². The lowest BCUT2D eigenvalue weighted by Gasteiger charge is -2.21. The average molecular weight is 473 g/mol. The third-order valence-electron chi connectivity index (χ3n) is 6.06. The van der Waals surface area contributed by atoms with E-state index < -0.39 is 0 Å². The van der Waals surface area contributed by atoms with Crippen LogP contribution in [0, 0.1) is 11.8 Å². The summed E-state index contributed by atoms with van der Waals surface area (Å²) in [7, 11) is 0. The first-order chi connectivity index (χ1) is 14.0. The second-order valence-corrected chi connectivity index (χ2v) is 9.13. The molecule has 2 aliphatic rings. The van der Waals surface area contributed by atoms with Gasteiger partial charge in [0.2, 0.25) is 5.91 Å². The molecular formula is C24H39Cl2N3O2. The lowest BCUT2D eigenvalue weighted by molar-refractivity contribution is -0.125. The number of nitrogens with one attached hydrogen (secondary N) is 2. The Labute approximate surface area is 198 Å². The van der Waals surface area contributed by atoms with Crippen molar-refractivity contribution < 1.29 is 9.59 Å². The lowest BCUT2D eigenvalue weighted by Crippen LogP contribution is -2.39. The van der Waals surface area contributed by atoms with Crippen LogP contribution in [0.15, 0.2) is 18.2 Å². The van der Waals surface area contributed by atoms with Crippen LogP contribution < -0.4 is 10.6 Å². The first kappa shape index (κ1) is 27.6. The highest BCUT2D eigenvalue weighted by molar-refractivity contribution is 6.35. The fraction of sp³-hybridized carbons (Fsp3) is 0.667. The number of urea groups is 1. The molecule has 7 heteroatoms. The van der Waals surface area contributed by atoms with Gasteiger partial charge in [-0.15, -0.1) is 0 Å². The Balaban J connectivity index is 0.00000240. The van der Waals surface area contributed by atoms with Gasteiger partial charge in [0.05, 0.1) is 0 Å². The summed E-state index contributed by atoms with van der Waals surface area (Å²) >= 11 is 12.1. The molecule has 0 bridgehead atoms. The molecule has 5 nitrogen and oxygen atoms in total. The van der Waals surface area contributed by atoms with Crippen molar-refractivity contribution in [2.75, 3.05) is 19.6 Å². The van der Waals surface area contributed by atoms with Crippen LogP contribution in [-0.4, -0.2) is 36.5 Å². The van der Waals surface area contributed by atoms with Crippen LogP contribution in [0.5, 0.6) is 0 Å². The van der Waals surface area contributed by atoms with E-state index in [-0.39, 0.29) is 32.7 Å². The molecule has 1 atom stereocenters. The Hall–Kier alpha value is -1.46. The van der Waals surface area contributed by atoms with Gasteiger partial charge >= 0.3 is 6.03 Å². The fourth-order valence-electron chi connectivity index (χ4n) is 4.24. The minimum atomic E-state index is -0.0927. The zero-order valence-electron chi connectivity index (χ0n) is 16.9. The van der Waals surface area contributed by atoms with Gasteiger partial charge in [-0.1, -0.05) is 76.2 Å². The summed E-state index contributed by atoms with van der Waals surface area (Å²) in [5, 5.41) is 7.20. The van der Waals surface area contributed by atoms with Gasteiger partial charge in [-0.3, -0.25) is 4.79 Å². The Bertz CT molecular complexity index is 706. The van der Waals surface area contributed by atoms with Crippen LogP contribution in [0.4, 0.5) is 4.79 Å². The molecule has 1 aliphatic heterocycles. The molecule has 1 aromatic carbocycles. The molecular weight excluding hydrogens is 433 g/mol. The zero-order chi connectivity index (χ0) is 20.6. The Morgan fingerprint density at radius 2 is 1.65 bits per heavy atom. The van der Waals surface area contributed by atoms with E-state index in [1.165, 1.54) is 19.3 Å². The SMILES string of the molecule is C.C.O=C(NCC1CCN(C(=O)NCc2ccc(Cl)cc2Cl)C1)C1CCCCCCC1. The molecule has 0 spiro atoms. The van der Waals surface area contributed by atoms with E-state index in [0.29, 0.717) is 42.1 Å². The molecule has 1 aromatic rings. The number of benzene rings is 1. The van der Waals surface area contributed by atoms with Crippen molar-refractivity contribution in [2.45, 2.75) is 72.8 Å². The van der Waals surface area contributed by atoms with E-state index >= 15 is 0 Å². The van der Waals surface area contributed by atoms with Crippen molar-refractivity contribution in [2.24, 2.45) is 11.8 Å². The Morgan fingerprint density at radius 3 is 2.32 bits per heavy atom. The summed E-state index contributed by atoms with van der Waals surface area (Å²) in [5.41, 5.74) is 0.839. The highest BCUT2D eigenvalue weighted by atomic mass is 35.5. The molecule has 2 fully saturated rings. The third-order valence-corrected chi connectivity index (χ3v) is 6.65. The molecule has 1 unspecified atom stereocenters. The highest BCUT2D eigenvalue weighted by Gasteiger charge is 2.27. The molecule has 2 N–H and O–H groups in total. The topological polar surface area (TPSA) is 61.4 Å². The van der Waals surface area contributed by atoms with Crippen molar-refractivity contribution in [3.8, 4) is 0 Å². The van der Waals surface area contributed by atoms with Crippen LogP contribution in [0.3, 0.4) is 0 Å². The molecule has 1 heterocycles. The number of carbonyl (C=O) groups is 2. The minimum Gasteiger partial charge on any atom is -0.356 e. The first-order valence-corrected chi connectivity index (χ1v) is 11.5. The minimum absolute atomic E-state index is 0. The van der Waals surface area contributed by atoms with Crippen molar-refractivity contribution in [3.05, 3.63) is 33.8 Å². The van der Waals surface area contributed by atoms with Crippen molar-refractivity contribution in [3.63, 3.8) is 0 Å². The van der Waals surface area contributed by atoms with Crippen molar-refractivity contribution >= 4 is 35.1 Å². The number of amides is 3. The Kier molecular flexibility index (Phi) is 12.3. The van der Waals surface area contributed by atoms with E-state index in [4.69, 9.17) is 23.2 Å². The first-order valence-electron chi connectivity index (χ1n) is 10.8. The van der Waals surface area contributed by atoms with Gasteiger partial charge in [0.15, 0.2) is 0 Å². The molecule has 0 aromatic heterocycles. The number of hydrogen-bond acceptors (Lipinski definition) is 2. The van der Waals surface area contributed by atoms with Crippen LogP contribution in [0.25, 0.3) is 0 Å². The van der Waals surface area contributed by atoms with E-state index in [0.717, 1.165) is 37.7 Å². The number of nitrogens with zero attached hydrogens (tertiary/aromatic N) is 1. The van der Waals surface area contributed by atoms with E-state index in [1.807, 2.05) is 11.0 Å². The molecule has 3 rings (SSSR count). The summed E-state index contributed by atoms with van der Waals surface area (Å²) in [5.74, 6) is 0.685. The summed E-state index contributed by atoms with van der Waals surface area (Å²) < 4.78 is 0. The Morgan fingerprint density at radius 1 is 0.968 bits per heavy atom. The fourth-order valence-corrected chi connectivity index (χ4v) is 4.71. The van der Waals surface area contributed by atoms with Gasteiger partial charge in [-0.2, -0.15) is 0 Å². The van der Waals surface area contributed by atoms with Crippen LogP contribution in [0.1, 0.15) is 71.8 Å². The molecule has 1 saturated heterocycles. The standard InChI is InChI=1S/C22H31Cl2N3O2.2CH4/c23-19-9-8-18(20(24)12-19)14-26-22(29)27-11-10-16(15-27)13-25-21(28)17-6-4-2-1-3-5-7-17;;/h8-9,12,16-17H,1-7,10-11,13-15H2,(H,25,28)(H,26,29);2*1H4. The van der Waals surface area contributed by atoms with E-state index in [2.05, 4.69) is 10.6 Å². The largest absolute Gasteiger partial charge is 0.356 e. The summed E-state index contributed by atoms with van der Waals surface area (Å²) in [6.45, 7) is 2.41. The average Bonchev–Trinajstić information content (AvgIpc) is 3.14. The van der Waals surface area contributed by atoms with Gasteiger partial charge in [0.25, 0.3) is 0 Å². The maximum atomic E-state index is 12.5. The van der Waals surface area contributed by atoms with E-state index in [9.17, 15) is 9.59 Å². The third kappa shape index (κ3) is 8.53. The number of rotatable bonds is 5. The highest BCUT2D eigenvalue weighted by Crippen LogP contribution is 2.23. The van der Waals surface area contributed by atoms with Crippen LogP contribution in [0.2, 0.25) is 10.0 Å². The zero-order valence-corrected chi connectivity index (χ0v) is 18.4. The maximum Gasteiger partial charge on any atom is 0.317 e. The quantitative estimate of drug-likeness (QED) is 0.530. The molecule has 176 valence electrons. The van der Waals surface area contributed by atoms with Crippen molar-refractivity contribution in [1.82, 2.24) is 15.5 Å². The number of halogens is 2. The summed E-state index contributed by atoms with van der Waals surface area (Å²) in [4.78, 5) is 26.8. The van der Waals surface area contributed by atoms with Crippen molar-refractivity contribution in [1.29, 1.82) is 0 Å². The van der Waals surface area contributed by atoms with E-state index in [1.54, 1.807) is 12.1 Å². The molecule has 31 heavy (non-hydrogen) atoms. The normalized spacial score (nSPS) is 19.4. The summed E-state index contributed by atoms with van der Waals surface area (Å²) in [6, 6.07) is 5.17. The molecule has 3 amide bonds. The van der Waals surface area contributed by atoms with Gasteiger partial charge < -0.3 is 15.5 Å². The number of hydrogen-bond donors (Lipinski definition) is 2. The smallest absolute Gasteiger partial charge is 0.317 e. The second kappa shape index (κ2) is 13.8. The maximum absolute atomic E-state index is 12.5. The molecule has 0 radical (unpaired) electrons. The van der Waals surface area contributed by atoms with Crippen LogP contribution in [-0.2, 0) is 11.3 Å². The second-order valence-electron chi connectivity index (χ2n) is 8.28. The van der Waals surface area contributed by atoms with Crippen LogP contribution >= 0.6 is 23.2 Å². The predicted molar refractivity (Wildman–Crippen MR) is 131 cm³/mol. The lowest BCUT2D eigenvalue weighted by atomic mass is 9.90. The van der Waals surface area contributed by atoms with Gasteiger partial charge in [-0.05, 0) is 42.9 Å². The van der Waals surface area contributed by atoms with Gasteiger partial charge in [-0.25, -0.2) is 4.79 Å². The number of likely N-dealkylation sites (tertiary alicyclic amines) is 1. The number of carbonyl (C=O) groups excluding carboxylic acids is 2. The summed E-state index contributed by atoms with van der Waals surface area (Å²) in [6.07, 6.45) is 9.06. The molecule has 1 saturated carbocycles. The monoisotopic (exact) mass is 471 g/mol. The van der Waals surface area contributed by atoms with Gasteiger partial charge in [0, 0.05) is 42.1 Å².